The molecule has 0 aromatic heterocycles. The lowest BCUT2D eigenvalue weighted by Gasteiger charge is -2.14. The van der Waals surface area contributed by atoms with Crippen LogP contribution in [-0.4, -0.2) is 0 Å². The Labute approximate surface area is 265 Å². The van der Waals surface area contributed by atoms with Crippen LogP contribution in [0, 0.1) is 0 Å². The summed E-state index contributed by atoms with van der Waals surface area (Å²) in [7, 11) is 0. The molecule has 42 heavy (non-hydrogen) atoms. The number of hydrogen-bond acceptors (Lipinski definition) is 0. The largest absolute Gasteiger partial charge is 0.0683 e. The van der Waals surface area contributed by atoms with Crippen LogP contribution in [0.15, 0.2) is 72.8 Å². The lowest BCUT2D eigenvalue weighted by molar-refractivity contribution is 0.790. The Morgan fingerprint density at radius 2 is 0.548 bits per heavy atom. The van der Waals surface area contributed by atoms with E-state index >= 15 is 0 Å². The number of rotatable bonds is 6. The molecule has 0 fully saturated rings. The number of benzene rings is 3. The molecule has 0 saturated heterocycles. The molecule has 3 rings (SSSR count). The minimum Gasteiger partial charge on any atom is -0.0683 e. The van der Waals surface area contributed by atoms with Gasteiger partial charge < -0.3 is 0 Å². The molecule has 0 saturated carbocycles. The van der Waals surface area contributed by atoms with Crippen LogP contribution < -0.4 is 0 Å². The maximum atomic E-state index is 2.31. The average molecular weight is 577 g/mol. The highest BCUT2D eigenvalue weighted by Gasteiger charge is 2.07. The van der Waals surface area contributed by atoms with E-state index in [9.17, 15) is 0 Å². The van der Waals surface area contributed by atoms with E-state index in [4.69, 9.17) is 0 Å². The average Bonchev–Trinajstić information content (AvgIpc) is 3.00. The van der Waals surface area contributed by atoms with Gasteiger partial charge in [-0.15, -0.1) is 0 Å². The minimum absolute atomic E-state index is 0.642. The Kier molecular flexibility index (Phi) is 27.6. The molecule has 3 aromatic carbocycles. The van der Waals surface area contributed by atoms with Crippen molar-refractivity contribution in [3.63, 3.8) is 0 Å². The van der Waals surface area contributed by atoms with Crippen molar-refractivity contribution in [3.05, 3.63) is 106 Å². The lowest BCUT2D eigenvalue weighted by atomic mass is 9.91. The highest BCUT2D eigenvalue weighted by Crippen LogP contribution is 2.25. The predicted molar refractivity (Wildman–Crippen MR) is 198 cm³/mol. The molecular weight excluding hydrogens is 504 g/mol. The van der Waals surface area contributed by atoms with Crippen molar-refractivity contribution in [2.24, 2.45) is 0 Å². The normalized spacial score (nSPS) is 10.0. The second-order valence-corrected chi connectivity index (χ2v) is 11.9. The molecule has 0 atom stereocenters. The summed E-state index contributed by atoms with van der Waals surface area (Å²) in [6, 6.07) is 26.6. The molecule has 0 nitrogen and oxygen atoms in total. The smallest absolute Gasteiger partial charge is 0.0216 e. The van der Waals surface area contributed by atoms with Crippen molar-refractivity contribution in [2.45, 2.75) is 160 Å². The first kappa shape index (κ1) is 44.1. The van der Waals surface area contributed by atoms with Crippen LogP contribution in [0.4, 0.5) is 0 Å². The Bertz CT molecular complexity index is 907. The molecule has 240 valence electrons. The molecule has 3 aromatic rings. The predicted octanol–water partition coefficient (Wildman–Crippen LogP) is 14.9. The summed E-state index contributed by atoms with van der Waals surface area (Å²) in [6.07, 6.45) is 0. The highest BCUT2D eigenvalue weighted by molar-refractivity contribution is 5.32. The topological polar surface area (TPSA) is 0 Å². The van der Waals surface area contributed by atoms with E-state index in [1.54, 1.807) is 0 Å². The third-order valence-corrected chi connectivity index (χ3v) is 6.75. The molecule has 0 aliphatic carbocycles. The van der Waals surface area contributed by atoms with Gasteiger partial charge in [0.05, 0.1) is 0 Å². The lowest BCUT2D eigenvalue weighted by Crippen LogP contribution is -1.97. The zero-order valence-corrected chi connectivity index (χ0v) is 31.4. The van der Waals surface area contributed by atoms with Crippen LogP contribution in [0.5, 0.6) is 0 Å². The summed E-state index contributed by atoms with van der Waals surface area (Å²) in [5.41, 5.74) is 8.74. The molecule has 0 spiro atoms. The van der Waals surface area contributed by atoms with Crippen LogP contribution in [0.1, 0.15) is 194 Å². The van der Waals surface area contributed by atoms with Crippen molar-refractivity contribution in [1.29, 1.82) is 0 Å². The van der Waals surface area contributed by atoms with Gasteiger partial charge in [-0.1, -0.05) is 197 Å². The Hall–Kier alpha value is -2.34. The van der Waals surface area contributed by atoms with Gasteiger partial charge in [-0.2, -0.15) is 0 Å². The Morgan fingerprint density at radius 1 is 0.286 bits per heavy atom. The second kappa shape index (κ2) is 26.3. The van der Waals surface area contributed by atoms with Gasteiger partial charge in [0.25, 0.3) is 0 Å². The SMILES string of the molecule is CC.CC.CC.CC(C)c1ccc(C(C)C)cc1.CC(C)c1cccc(C(C)C)c1.CC(C)c1ccccc1C(C)C. The molecule has 0 aliphatic rings. The molecule has 0 heteroatoms. The molecule has 0 amide bonds. The molecule has 0 heterocycles. The van der Waals surface area contributed by atoms with E-state index in [1.165, 1.54) is 33.4 Å². The van der Waals surface area contributed by atoms with E-state index in [0.29, 0.717) is 35.5 Å². The van der Waals surface area contributed by atoms with Crippen LogP contribution in [0.25, 0.3) is 0 Å². The van der Waals surface area contributed by atoms with Gasteiger partial charge in [0.2, 0.25) is 0 Å². The Morgan fingerprint density at radius 3 is 0.762 bits per heavy atom. The van der Waals surface area contributed by atoms with Crippen LogP contribution in [0.2, 0.25) is 0 Å². The summed E-state index contributed by atoms with van der Waals surface area (Å²) in [4.78, 5) is 0. The molecular formula is C42H72. The Balaban J connectivity index is -0.000000497. The van der Waals surface area contributed by atoms with Crippen molar-refractivity contribution >= 4 is 0 Å². The quantitative estimate of drug-likeness (QED) is 0.274. The third-order valence-electron chi connectivity index (χ3n) is 6.75. The van der Waals surface area contributed by atoms with Crippen molar-refractivity contribution in [1.82, 2.24) is 0 Å². The van der Waals surface area contributed by atoms with Crippen LogP contribution in [0.3, 0.4) is 0 Å². The molecule has 0 aliphatic heterocycles. The summed E-state index contributed by atoms with van der Waals surface area (Å²) in [5, 5.41) is 0. The van der Waals surface area contributed by atoms with Crippen molar-refractivity contribution < 1.29 is 0 Å². The highest BCUT2D eigenvalue weighted by atomic mass is 14.1. The van der Waals surface area contributed by atoms with Gasteiger partial charge in [0.1, 0.15) is 0 Å². The molecule has 0 bridgehead atoms. The van der Waals surface area contributed by atoms with E-state index in [2.05, 4.69) is 156 Å². The monoisotopic (exact) mass is 577 g/mol. The summed E-state index contributed by atoms with van der Waals surface area (Å²) < 4.78 is 0. The van der Waals surface area contributed by atoms with Crippen molar-refractivity contribution in [2.75, 3.05) is 0 Å². The fourth-order valence-corrected chi connectivity index (χ4v) is 4.11. The van der Waals surface area contributed by atoms with E-state index in [-0.39, 0.29) is 0 Å². The maximum Gasteiger partial charge on any atom is -0.0216 e. The fraction of sp³-hybridized carbons (Fsp3) is 0.571. The second-order valence-electron chi connectivity index (χ2n) is 11.9. The van der Waals surface area contributed by atoms with E-state index in [0.717, 1.165) is 0 Å². The van der Waals surface area contributed by atoms with Crippen LogP contribution in [-0.2, 0) is 0 Å². The van der Waals surface area contributed by atoms with Gasteiger partial charge in [-0.05, 0) is 68.9 Å². The molecule has 0 N–H and O–H groups in total. The third kappa shape index (κ3) is 18.3. The van der Waals surface area contributed by atoms with Gasteiger partial charge in [0, 0.05) is 0 Å². The van der Waals surface area contributed by atoms with E-state index in [1.807, 2.05) is 41.5 Å². The van der Waals surface area contributed by atoms with Gasteiger partial charge in [0.15, 0.2) is 0 Å². The first-order valence-electron chi connectivity index (χ1n) is 17.1. The van der Waals surface area contributed by atoms with Gasteiger partial charge >= 0.3 is 0 Å². The zero-order chi connectivity index (χ0) is 33.4. The van der Waals surface area contributed by atoms with E-state index < -0.39 is 0 Å². The molecule has 0 radical (unpaired) electrons. The maximum absolute atomic E-state index is 2.31. The fourth-order valence-electron chi connectivity index (χ4n) is 4.11. The molecule has 0 unspecified atom stereocenters. The summed E-state index contributed by atoms with van der Waals surface area (Å²) in [5.74, 6) is 3.86. The van der Waals surface area contributed by atoms with Crippen LogP contribution >= 0.6 is 0 Å². The van der Waals surface area contributed by atoms with Gasteiger partial charge in [-0.3, -0.25) is 0 Å². The number of hydrogen-bond donors (Lipinski definition) is 0. The minimum atomic E-state index is 0.642. The van der Waals surface area contributed by atoms with Gasteiger partial charge in [-0.25, -0.2) is 0 Å². The standard InChI is InChI=1S/3C12H18.3C2H6/c1-9(2)11-5-7-12(8-6-11)10(3)4;1-9(2)11-6-5-7-12(8-11)10(3)4;1-9(2)11-7-5-6-8-12(11)10(3)4;3*1-2/h3*5-10H,1-4H3;3*1-2H3. The zero-order valence-electron chi connectivity index (χ0n) is 31.4. The first-order chi connectivity index (χ1) is 19.8. The van der Waals surface area contributed by atoms with Crippen molar-refractivity contribution in [3.8, 4) is 0 Å². The first-order valence-corrected chi connectivity index (χ1v) is 17.1. The summed E-state index contributed by atoms with van der Waals surface area (Å²) in [6.45, 7) is 38.9. The summed E-state index contributed by atoms with van der Waals surface area (Å²) >= 11 is 0.